The second-order valence-electron chi connectivity index (χ2n) is 3.43. The first-order valence-electron chi connectivity index (χ1n) is 4.70. The van der Waals surface area contributed by atoms with Gasteiger partial charge in [-0.2, -0.15) is 0 Å². The van der Waals surface area contributed by atoms with E-state index in [9.17, 15) is 0 Å². The molecule has 0 spiro atoms. The van der Waals surface area contributed by atoms with E-state index in [0.717, 1.165) is 25.5 Å². The highest BCUT2D eigenvalue weighted by Gasteiger charge is 2.17. The van der Waals surface area contributed by atoms with Crippen LogP contribution < -0.4 is 10.6 Å². The lowest BCUT2D eigenvalue weighted by Gasteiger charge is -2.31. The zero-order valence-electron chi connectivity index (χ0n) is 8.18. The molecule has 14 heavy (non-hydrogen) atoms. The zero-order valence-corrected chi connectivity index (χ0v) is 8.18. The smallest absolute Gasteiger partial charge is 0.147 e. The number of aromatic nitrogens is 2. The third-order valence-corrected chi connectivity index (χ3v) is 2.22. The van der Waals surface area contributed by atoms with E-state index in [2.05, 4.69) is 21.8 Å². The Morgan fingerprint density at radius 3 is 3.00 bits per heavy atom. The number of anilines is 2. The van der Waals surface area contributed by atoms with Gasteiger partial charge >= 0.3 is 0 Å². The number of morpholine rings is 1. The van der Waals surface area contributed by atoms with E-state index < -0.39 is 0 Å². The van der Waals surface area contributed by atoms with Crippen molar-refractivity contribution in [3.05, 3.63) is 12.4 Å². The molecule has 1 atom stereocenters. The van der Waals surface area contributed by atoms with Crippen LogP contribution in [0.5, 0.6) is 0 Å². The molecule has 1 aromatic rings. The number of hydrogen-bond acceptors (Lipinski definition) is 5. The molecule has 76 valence electrons. The molecule has 0 bridgehead atoms. The Morgan fingerprint density at radius 2 is 2.36 bits per heavy atom. The van der Waals surface area contributed by atoms with Crippen LogP contribution in [0, 0.1) is 0 Å². The molecule has 0 aromatic carbocycles. The van der Waals surface area contributed by atoms with E-state index in [1.807, 2.05) is 0 Å². The maximum atomic E-state index is 5.47. The fourth-order valence-electron chi connectivity index (χ4n) is 1.52. The number of rotatable bonds is 1. The molecule has 1 aliphatic rings. The van der Waals surface area contributed by atoms with Crippen LogP contribution in [0.2, 0.25) is 0 Å². The van der Waals surface area contributed by atoms with Crippen molar-refractivity contribution in [3.8, 4) is 0 Å². The Morgan fingerprint density at radius 1 is 1.50 bits per heavy atom. The van der Waals surface area contributed by atoms with Crippen molar-refractivity contribution in [2.24, 2.45) is 0 Å². The first-order chi connectivity index (χ1) is 6.75. The molecule has 0 radical (unpaired) electrons. The fraction of sp³-hybridized carbons (Fsp3) is 0.556. The number of nitrogens with zero attached hydrogens (tertiary/aromatic N) is 3. The highest BCUT2D eigenvalue weighted by molar-refractivity contribution is 5.39. The largest absolute Gasteiger partial charge is 0.382 e. The molecule has 1 unspecified atom stereocenters. The Kier molecular flexibility index (Phi) is 2.49. The quantitative estimate of drug-likeness (QED) is 0.695. The van der Waals surface area contributed by atoms with Crippen molar-refractivity contribution in [1.29, 1.82) is 0 Å². The standard InChI is InChI=1S/C9H14N4O/c1-7-6-13(2-3-14-7)9-5-11-8(10)4-12-9/h4-5,7H,2-3,6H2,1H3,(H2,10,11). The fourth-order valence-corrected chi connectivity index (χ4v) is 1.52. The number of nitrogen functional groups attached to an aromatic ring is 1. The molecule has 0 aliphatic carbocycles. The summed E-state index contributed by atoms with van der Waals surface area (Å²) < 4.78 is 5.44. The van der Waals surface area contributed by atoms with E-state index in [0.29, 0.717) is 5.82 Å². The topological polar surface area (TPSA) is 64.3 Å². The average Bonchev–Trinajstić information content (AvgIpc) is 2.19. The summed E-state index contributed by atoms with van der Waals surface area (Å²) in [6.45, 7) is 4.52. The minimum Gasteiger partial charge on any atom is -0.382 e. The predicted octanol–water partition coefficient (Wildman–Crippen LogP) is 0.284. The molecule has 5 heteroatoms. The van der Waals surface area contributed by atoms with Crippen LogP contribution in [-0.4, -0.2) is 35.8 Å². The Hall–Kier alpha value is -1.36. The van der Waals surface area contributed by atoms with Gasteiger partial charge in [0.05, 0.1) is 25.1 Å². The van der Waals surface area contributed by atoms with Gasteiger partial charge in [0.25, 0.3) is 0 Å². The molecular formula is C9H14N4O. The highest BCUT2D eigenvalue weighted by Crippen LogP contribution is 2.13. The SMILES string of the molecule is CC1CN(c2cnc(N)cn2)CCO1. The molecule has 1 aliphatic heterocycles. The summed E-state index contributed by atoms with van der Waals surface area (Å²) in [6.07, 6.45) is 3.53. The van der Waals surface area contributed by atoms with Crippen LogP contribution in [0.3, 0.4) is 0 Å². The van der Waals surface area contributed by atoms with E-state index in [1.165, 1.54) is 0 Å². The van der Waals surface area contributed by atoms with Crippen LogP contribution in [0.4, 0.5) is 11.6 Å². The molecule has 1 saturated heterocycles. The third-order valence-electron chi connectivity index (χ3n) is 2.22. The van der Waals surface area contributed by atoms with Gasteiger partial charge in [0.1, 0.15) is 11.6 Å². The summed E-state index contributed by atoms with van der Waals surface area (Å²) in [7, 11) is 0. The lowest BCUT2D eigenvalue weighted by atomic mass is 10.3. The Labute approximate surface area is 82.9 Å². The van der Waals surface area contributed by atoms with Crippen molar-refractivity contribution in [2.45, 2.75) is 13.0 Å². The van der Waals surface area contributed by atoms with Gasteiger partial charge < -0.3 is 15.4 Å². The van der Waals surface area contributed by atoms with E-state index in [1.54, 1.807) is 12.4 Å². The summed E-state index contributed by atoms with van der Waals surface area (Å²) >= 11 is 0. The van der Waals surface area contributed by atoms with Crippen molar-refractivity contribution in [2.75, 3.05) is 30.3 Å². The lowest BCUT2D eigenvalue weighted by Crippen LogP contribution is -2.41. The zero-order chi connectivity index (χ0) is 9.97. The van der Waals surface area contributed by atoms with E-state index in [4.69, 9.17) is 10.5 Å². The molecule has 2 rings (SSSR count). The van der Waals surface area contributed by atoms with Gasteiger partial charge in [-0.25, -0.2) is 9.97 Å². The maximum absolute atomic E-state index is 5.47. The van der Waals surface area contributed by atoms with Gasteiger partial charge in [-0.15, -0.1) is 0 Å². The normalized spacial score (nSPS) is 22.4. The summed E-state index contributed by atoms with van der Waals surface area (Å²) in [4.78, 5) is 10.4. The Balaban J connectivity index is 2.10. The molecule has 0 saturated carbocycles. The second kappa shape index (κ2) is 3.79. The molecule has 1 fully saturated rings. The molecule has 0 amide bonds. The van der Waals surface area contributed by atoms with Crippen LogP contribution >= 0.6 is 0 Å². The minimum absolute atomic E-state index is 0.253. The minimum atomic E-state index is 0.253. The van der Waals surface area contributed by atoms with Crippen molar-refractivity contribution in [3.63, 3.8) is 0 Å². The third kappa shape index (κ3) is 1.93. The first kappa shape index (κ1) is 9.21. The van der Waals surface area contributed by atoms with Gasteiger partial charge in [0.2, 0.25) is 0 Å². The van der Waals surface area contributed by atoms with E-state index >= 15 is 0 Å². The number of hydrogen-bond donors (Lipinski definition) is 1. The average molecular weight is 194 g/mol. The van der Waals surface area contributed by atoms with Crippen LogP contribution in [0.15, 0.2) is 12.4 Å². The van der Waals surface area contributed by atoms with Gasteiger partial charge in [0, 0.05) is 13.1 Å². The van der Waals surface area contributed by atoms with Crippen LogP contribution in [0.1, 0.15) is 6.92 Å². The summed E-state index contributed by atoms with van der Waals surface area (Å²) in [6, 6.07) is 0. The van der Waals surface area contributed by atoms with Crippen molar-refractivity contribution >= 4 is 11.6 Å². The monoisotopic (exact) mass is 194 g/mol. The summed E-state index contributed by atoms with van der Waals surface area (Å²) in [5.41, 5.74) is 5.47. The van der Waals surface area contributed by atoms with Gasteiger partial charge in [-0.05, 0) is 6.92 Å². The van der Waals surface area contributed by atoms with E-state index in [-0.39, 0.29) is 6.10 Å². The van der Waals surface area contributed by atoms with Gasteiger partial charge in [-0.1, -0.05) is 0 Å². The molecule has 2 N–H and O–H groups in total. The predicted molar refractivity (Wildman–Crippen MR) is 54.1 cm³/mol. The maximum Gasteiger partial charge on any atom is 0.147 e. The summed E-state index contributed by atoms with van der Waals surface area (Å²) in [5, 5.41) is 0. The Bertz CT molecular complexity index is 300. The number of ether oxygens (including phenoxy) is 1. The number of nitrogens with two attached hydrogens (primary N) is 1. The van der Waals surface area contributed by atoms with Crippen LogP contribution in [0.25, 0.3) is 0 Å². The van der Waals surface area contributed by atoms with Crippen LogP contribution in [-0.2, 0) is 4.74 Å². The van der Waals surface area contributed by atoms with Crippen molar-refractivity contribution < 1.29 is 4.74 Å². The lowest BCUT2D eigenvalue weighted by molar-refractivity contribution is 0.0529. The van der Waals surface area contributed by atoms with Gasteiger partial charge in [-0.3, -0.25) is 0 Å². The molecule has 1 aromatic heterocycles. The van der Waals surface area contributed by atoms with Gasteiger partial charge in [0.15, 0.2) is 0 Å². The molecule has 2 heterocycles. The van der Waals surface area contributed by atoms with Crippen molar-refractivity contribution in [1.82, 2.24) is 9.97 Å². The highest BCUT2D eigenvalue weighted by atomic mass is 16.5. The molecule has 5 nitrogen and oxygen atoms in total. The first-order valence-corrected chi connectivity index (χ1v) is 4.70. The molecular weight excluding hydrogens is 180 g/mol. The second-order valence-corrected chi connectivity index (χ2v) is 3.43. The summed E-state index contributed by atoms with van der Waals surface area (Å²) in [5.74, 6) is 1.32.